The van der Waals surface area contributed by atoms with Gasteiger partial charge in [0.2, 0.25) is 0 Å². The van der Waals surface area contributed by atoms with E-state index in [0.29, 0.717) is 30.1 Å². The fourth-order valence-electron chi connectivity index (χ4n) is 2.63. The van der Waals surface area contributed by atoms with E-state index in [-0.39, 0.29) is 5.56 Å². The highest BCUT2D eigenvalue weighted by atomic mass is 19.1. The number of hydrazine groups is 1. The maximum atomic E-state index is 14.0. The van der Waals surface area contributed by atoms with Crippen molar-refractivity contribution < 1.29 is 17.9 Å². The summed E-state index contributed by atoms with van der Waals surface area (Å²) >= 11 is 0. The molecular formula is C15H13F3N2O. The van der Waals surface area contributed by atoms with Crippen LogP contribution in [0.5, 0.6) is 5.75 Å². The van der Waals surface area contributed by atoms with Crippen LogP contribution in [0.15, 0.2) is 30.3 Å². The number of ether oxygens (including phenoxy) is 1. The zero-order valence-corrected chi connectivity index (χ0v) is 11.0. The van der Waals surface area contributed by atoms with Crippen molar-refractivity contribution in [3.63, 3.8) is 0 Å². The molecule has 6 heteroatoms. The molecule has 0 saturated heterocycles. The van der Waals surface area contributed by atoms with Gasteiger partial charge in [-0.3, -0.25) is 5.84 Å². The summed E-state index contributed by atoms with van der Waals surface area (Å²) < 4.78 is 46.5. The molecule has 0 radical (unpaired) electrons. The molecular weight excluding hydrogens is 281 g/mol. The van der Waals surface area contributed by atoms with Crippen LogP contribution in [0.4, 0.5) is 13.2 Å². The van der Waals surface area contributed by atoms with Gasteiger partial charge >= 0.3 is 0 Å². The van der Waals surface area contributed by atoms with Gasteiger partial charge in [0.1, 0.15) is 23.2 Å². The minimum Gasteiger partial charge on any atom is -0.493 e. The Morgan fingerprint density at radius 3 is 2.52 bits per heavy atom. The molecule has 2 aromatic carbocycles. The molecule has 0 amide bonds. The summed E-state index contributed by atoms with van der Waals surface area (Å²) in [7, 11) is 0. The number of hydrogen-bond acceptors (Lipinski definition) is 3. The van der Waals surface area contributed by atoms with Gasteiger partial charge in [-0.25, -0.2) is 18.6 Å². The average molecular weight is 294 g/mol. The Morgan fingerprint density at radius 1 is 1.14 bits per heavy atom. The van der Waals surface area contributed by atoms with E-state index in [1.54, 1.807) is 12.1 Å². The predicted molar refractivity (Wildman–Crippen MR) is 71.1 cm³/mol. The van der Waals surface area contributed by atoms with E-state index in [1.807, 2.05) is 6.07 Å². The fourth-order valence-corrected chi connectivity index (χ4v) is 2.63. The second kappa shape index (κ2) is 5.38. The van der Waals surface area contributed by atoms with Crippen LogP contribution < -0.4 is 16.0 Å². The lowest BCUT2D eigenvalue weighted by atomic mass is 9.95. The lowest BCUT2D eigenvalue weighted by Crippen LogP contribution is -2.30. The molecule has 2 aromatic rings. The number of nitrogens with two attached hydrogens (primary N) is 1. The summed E-state index contributed by atoms with van der Waals surface area (Å²) in [6, 6.07) is 5.64. The first-order chi connectivity index (χ1) is 10.1. The summed E-state index contributed by atoms with van der Waals surface area (Å²) in [6.45, 7) is 0.512. The number of hydrogen-bond donors (Lipinski definition) is 2. The summed E-state index contributed by atoms with van der Waals surface area (Å²) in [5.41, 5.74) is 3.53. The second-order valence-corrected chi connectivity index (χ2v) is 4.82. The van der Waals surface area contributed by atoms with Crippen LogP contribution >= 0.6 is 0 Å². The maximum Gasteiger partial charge on any atom is 0.134 e. The van der Waals surface area contributed by atoms with Crippen LogP contribution in [0.3, 0.4) is 0 Å². The maximum absolute atomic E-state index is 14.0. The van der Waals surface area contributed by atoms with Gasteiger partial charge < -0.3 is 4.74 Å². The van der Waals surface area contributed by atoms with Crippen LogP contribution in [0, 0.1) is 17.5 Å². The topological polar surface area (TPSA) is 47.3 Å². The normalized spacial score (nSPS) is 14.7. The number of benzene rings is 2. The van der Waals surface area contributed by atoms with Crippen LogP contribution in [0.2, 0.25) is 0 Å². The van der Waals surface area contributed by atoms with Gasteiger partial charge in [0.05, 0.1) is 12.6 Å². The van der Waals surface area contributed by atoms with Gasteiger partial charge in [-0.15, -0.1) is 0 Å². The standard InChI is InChI=1S/C15H13F3N2O/c16-9-6-11(17)13(12(18)7-9)14(20-19)10-3-1-2-8-4-5-21-15(8)10/h1-3,6-7,14,20H,4-5,19H2. The number of nitrogens with one attached hydrogen (secondary N) is 1. The minimum absolute atomic E-state index is 0.331. The van der Waals surface area contributed by atoms with Crippen LogP contribution in [-0.4, -0.2) is 6.61 Å². The number of para-hydroxylation sites is 1. The van der Waals surface area contributed by atoms with Crippen molar-refractivity contribution in [3.05, 3.63) is 64.5 Å². The van der Waals surface area contributed by atoms with E-state index in [4.69, 9.17) is 10.6 Å². The monoisotopic (exact) mass is 294 g/mol. The van der Waals surface area contributed by atoms with Crippen LogP contribution in [0.25, 0.3) is 0 Å². The fraction of sp³-hybridized carbons (Fsp3) is 0.200. The molecule has 21 heavy (non-hydrogen) atoms. The van der Waals surface area contributed by atoms with Crippen LogP contribution in [0.1, 0.15) is 22.7 Å². The number of halogens is 3. The summed E-state index contributed by atoms with van der Waals surface area (Å²) in [5.74, 6) is 3.08. The van der Waals surface area contributed by atoms with E-state index in [1.165, 1.54) is 0 Å². The molecule has 0 saturated carbocycles. The molecule has 3 N–H and O–H groups in total. The molecule has 110 valence electrons. The zero-order valence-electron chi connectivity index (χ0n) is 11.0. The Morgan fingerprint density at radius 2 is 1.86 bits per heavy atom. The largest absolute Gasteiger partial charge is 0.493 e. The first-order valence-electron chi connectivity index (χ1n) is 6.47. The van der Waals surface area contributed by atoms with Crippen molar-refractivity contribution in [1.29, 1.82) is 0 Å². The molecule has 1 aliphatic heterocycles. The first-order valence-corrected chi connectivity index (χ1v) is 6.47. The zero-order chi connectivity index (χ0) is 15.0. The molecule has 1 aliphatic rings. The molecule has 0 spiro atoms. The van der Waals surface area contributed by atoms with Gasteiger partial charge in [0, 0.05) is 29.7 Å². The highest BCUT2D eigenvalue weighted by molar-refractivity contribution is 5.49. The molecule has 3 nitrogen and oxygen atoms in total. The number of rotatable bonds is 3. The molecule has 0 aliphatic carbocycles. The summed E-state index contributed by atoms with van der Waals surface area (Å²) in [6.07, 6.45) is 0.731. The Bertz CT molecular complexity index is 668. The van der Waals surface area contributed by atoms with E-state index in [9.17, 15) is 13.2 Å². The van der Waals surface area contributed by atoms with Crippen molar-refractivity contribution in [2.75, 3.05) is 6.61 Å². The van der Waals surface area contributed by atoms with Gasteiger partial charge in [0.15, 0.2) is 0 Å². The minimum atomic E-state index is -0.994. The summed E-state index contributed by atoms with van der Waals surface area (Å²) in [5, 5.41) is 0. The molecule has 0 aromatic heterocycles. The lowest BCUT2D eigenvalue weighted by molar-refractivity contribution is 0.349. The Labute approximate surface area is 119 Å². The van der Waals surface area contributed by atoms with Gasteiger partial charge in [0.25, 0.3) is 0 Å². The van der Waals surface area contributed by atoms with E-state index in [2.05, 4.69) is 5.43 Å². The van der Waals surface area contributed by atoms with Crippen molar-refractivity contribution >= 4 is 0 Å². The van der Waals surface area contributed by atoms with Gasteiger partial charge in [-0.2, -0.15) is 0 Å². The van der Waals surface area contributed by atoms with E-state index >= 15 is 0 Å². The summed E-state index contributed by atoms with van der Waals surface area (Å²) in [4.78, 5) is 0. The second-order valence-electron chi connectivity index (χ2n) is 4.82. The third-order valence-corrected chi connectivity index (χ3v) is 3.56. The van der Waals surface area contributed by atoms with E-state index in [0.717, 1.165) is 12.0 Å². The molecule has 1 heterocycles. The highest BCUT2D eigenvalue weighted by Crippen LogP contribution is 2.37. The van der Waals surface area contributed by atoms with Crippen molar-refractivity contribution in [3.8, 4) is 5.75 Å². The van der Waals surface area contributed by atoms with Crippen LogP contribution in [-0.2, 0) is 6.42 Å². The quantitative estimate of drug-likeness (QED) is 0.675. The highest BCUT2D eigenvalue weighted by Gasteiger charge is 2.27. The number of fused-ring (bicyclic) bond motifs is 1. The lowest BCUT2D eigenvalue weighted by Gasteiger charge is -2.20. The SMILES string of the molecule is NNC(c1cccc2c1OCC2)c1c(F)cc(F)cc1F. The first kappa shape index (κ1) is 13.9. The van der Waals surface area contributed by atoms with Crippen molar-refractivity contribution in [2.24, 2.45) is 5.84 Å². The van der Waals surface area contributed by atoms with E-state index < -0.39 is 23.5 Å². The predicted octanol–water partition coefficient (Wildman–Crippen LogP) is 2.59. The Hall–Kier alpha value is -2.05. The van der Waals surface area contributed by atoms with Gasteiger partial charge in [-0.05, 0) is 5.56 Å². The molecule has 0 fully saturated rings. The third-order valence-electron chi connectivity index (χ3n) is 3.56. The Balaban J connectivity index is 2.14. The third kappa shape index (κ3) is 2.36. The Kier molecular flexibility index (Phi) is 3.57. The van der Waals surface area contributed by atoms with Crippen molar-refractivity contribution in [2.45, 2.75) is 12.5 Å². The van der Waals surface area contributed by atoms with Crippen molar-refractivity contribution in [1.82, 2.24) is 5.43 Å². The van der Waals surface area contributed by atoms with Gasteiger partial charge in [-0.1, -0.05) is 18.2 Å². The molecule has 3 rings (SSSR count). The average Bonchev–Trinajstić information content (AvgIpc) is 2.91. The molecule has 0 bridgehead atoms. The molecule has 1 atom stereocenters. The smallest absolute Gasteiger partial charge is 0.134 e. The molecule has 1 unspecified atom stereocenters.